The average Bonchev–Trinajstić information content (AvgIpc) is 2.91. The second-order valence-corrected chi connectivity index (χ2v) is 5.53. The highest BCUT2D eigenvalue weighted by Gasteiger charge is 2.28. The first kappa shape index (κ1) is 13.6. The van der Waals surface area contributed by atoms with Crippen LogP contribution < -0.4 is 5.32 Å². The van der Waals surface area contributed by atoms with Crippen LogP contribution in [0, 0.1) is 0 Å². The Hall–Kier alpha value is -0.840. The zero-order valence-corrected chi connectivity index (χ0v) is 11.6. The molecule has 1 aromatic rings. The van der Waals surface area contributed by atoms with Crippen molar-refractivity contribution in [1.82, 2.24) is 10.2 Å². The van der Waals surface area contributed by atoms with Crippen molar-refractivity contribution in [2.45, 2.75) is 32.4 Å². The Kier molecular flexibility index (Phi) is 4.43. The molecule has 0 amide bonds. The Balaban J connectivity index is 1.84. The van der Waals surface area contributed by atoms with Crippen molar-refractivity contribution in [3.05, 3.63) is 24.2 Å². The minimum atomic E-state index is 0.143. The molecule has 0 saturated carbocycles. The van der Waals surface area contributed by atoms with Gasteiger partial charge in [-0.1, -0.05) is 0 Å². The summed E-state index contributed by atoms with van der Waals surface area (Å²) < 4.78 is 10.8. The van der Waals surface area contributed by atoms with Crippen molar-refractivity contribution in [2.75, 3.05) is 32.8 Å². The van der Waals surface area contributed by atoms with Crippen molar-refractivity contribution in [1.29, 1.82) is 0 Å². The van der Waals surface area contributed by atoms with Gasteiger partial charge in [0.15, 0.2) is 0 Å². The second-order valence-electron chi connectivity index (χ2n) is 5.53. The maximum absolute atomic E-state index is 5.41. The number of hydrogen-bond acceptors (Lipinski definition) is 4. The lowest BCUT2D eigenvalue weighted by Crippen LogP contribution is -2.54. The highest BCUT2D eigenvalue weighted by molar-refractivity contribution is 5.03. The molecule has 4 nitrogen and oxygen atoms in total. The monoisotopic (exact) mass is 252 g/mol. The van der Waals surface area contributed by atoms with Gasteiger partial charge in [-0.3, -0.25) is 4.90 Å². The predicted molar refractivity (Wildman–Crippen MR) is 71.6 cm³/mol. The molecule has 2 heterocycles. The van der Waals surface area contributed by atoms with E-state index in [9.17, 15) is 0 Å². The van der Waals surface area contributed by atoms with E-state index in [1.807, 2.05) is 12.1 Å². The van der Waals surface area contributed by atoms with E-state index < -0.39 is 0 Å². The molecule has 102 valence electrons. The van der Waals surface area contributed by atoms with Crippen LogP contribution in [-0.4, -0.2) is 43.3 Å². The smallest absolute Gasteiger partial charge is 0.120 e. The van der Waals surface area contributed by atoms with Gasteiger partial charge in [0.25, 0.3) is 0 Å². The highest BCUT2D eigenvalue weighted by atomic mass is 16.5. The minimum Gasteiger partial charge on any atom is -0.468 e. The van der Waals surface area contributed by atoms with E-state index in [-0.39, 0.29) is 11.6 Å². The Labute approximate surface area is 109 Å². The molecule has 1 aliphatic rings. The molecule has 18 heavy (non-hydrogen) atoms. The molecule has 0 radical (unpaired) electrons. The molecular formula is C14H24N2O2. The van der Waals surface area contributed by atoms with Gasteiger partial charge in [0.2, 0.25) is 0 Å². The average molecular weight is 252 g/mol. The Morgan fingerprint density at radius 2 is 2.11 bits per heavy atom. The van der Waals surface area contributed by atoms with Crippen molar-refractivity contribution in [3.8, 4) is 0 Å². The van der Waals surface area contributed by atoms with E-state index >= 15 is 0 Å². The van der Waals surface area contributed by atoms with Crippen LogP contribution in [-0.2, 0) is 4.74 Å². The first-order valence-electron chi connectivity index (χ1n) is 6.69. The molecule has 4 heteroatoms. The summed E-state index contributed by atoms with van der Waals surface area (Å²) in [6.45, 7) is 11.4. The fourth-order valence-corrected chi connectivity index (χ4v) is 2.32. The second kappa shape index (κ2) is 5.87. The lowest BCUT2D eigenvalue weighted by Gasteiger charge is -2.41. The third-order valence-electron chi connectivity index (χ3n) is 3.68. The summed E-state index contributed by atoms with van der Waals surface area (Å²) in [6, 6.07) is 4.19. The number of nitrogens with one attached hydrogen (secondary N) is 1. The van der Waals surface area contributed by atoms with E-state index in [2.05, 4.69) is 31.0 Å². The van der Waals surface area contributed by atoms with Crippen LogP contribution >= 0.6 is 0 Å². The summed E-state index contributed by atoms with van der Waals surface area (Å²) >= 11 is 0. The van der Waals surface area contributed by atoms with Gasteiger partial charge in [0.1, 0.15) is 5.76 Å². The molecule has 1 unspecified atom stereocenters. The molecule has 1 N–H and O–H groups in total. The SMILES string of the molecule is CC(NCC(C)(C)N1CCOCC1)c1ccco1. The van der Waals surface area contributed by atoms with E-state index in [0.717, 1.165) is 38.6 Å². The molecule has 1 aromatic heterocycles. The van der Waals surface area contributed by atoms with Gasteiger partial charge in [-0.2, -0.15) is 0 Å². The number of ether oxygens (including phenoxy) is 1. The summed E-state index contributed by atoms with van der Waals surface area (Å²) in [4.78, 5) is 2.48. The van der Waals surface area contributed by atoms with E-state index in [4.69, 9.17) is 9.15 Å². The maximum atomic E-state index is 5.41. The van der Waals surface area contributed by atoms with Gasteiger partial charge in [0, 0.05) is 25.2 Å². The Morgan fingerprint density at radius 1 is 1.39 bits per heavy atom. The fourth-order valence-electron chi connectivity index (χ4n) is 2.32. The molecule has 0 aromatic carbocycles. The van der Waals surface area contributed by atoms with Crippen molar-refractivity contribution >= 4 is 0 Å². The van der Waals surface area contributed by atoms with Gasteiger partial charge in [0.05, 0.1) is 25.5 Å². The third kappa shape index (κ3) is 3.34. The van der Waals surface area contributed by atoms with Gasteiger partial charge in [-0.25, -0.2) is 0 Å². The molecule has 0 spiro atoms. The fraction of sp³-hybridized carbons (Fsp3) is 0.714. The lowest BCUT2D eigenvalue weighted by atomic mass is 10.0. The highest BCUT2D eigenvalue weighted by Crippen LogP contribution is 2.18. The van der Waals surface area contributed by atoms with E-state index in [1.165, 1.54) is 0 Å². The first-order chi connectivity index (χ1) is 8.59. The first-order valence-corrected chi connectivity index (χ1v) is 6.69. The van der Waals surface area contributed by atoms with Crippen LogP contribution in [0.3, 0.4) is 0 Å². The largest absolute Gasteiger partial charge is 0.468 e. The molecule has 1 aliphatic heterocycles. The maximum Gasteiger partial charge on any atom is 0.120 e. The number of rotatable bonds is 5. The number of morpholine rings is 1. The predicted octanol–water partition coefficient (Wildman–Crippen LogP) is 2.04. The third-order valence-corrected chi connectivity index (χ3v) is 3.68. The summed E-state index contributed by atoms with van der Waals surface area (Å²) in [5.41, 5.74) is 0.143. The van der Waals surface area contributed by atoms with Crippen LogP contribution in [0.2, 0.25) is 0 Å². The van der Waals surface area contributed by atoms with Crippen LogP contribution in [0.1, 0.15) is 32.6 Å². The van der Waals surface area contributed by atoms with Gasteiger partial charge in [-0.15, -0.1) is 0 Å². The van der Waals surface area contributed by atoms with E-state index in [1.54, 1.807) is 6.26 Å². The Bertz CT molecular complexity index is 343. The van der Waals surface area contributed by atoms with E-state index in [0.29, 0.717) is 0 Å². The molecule has 2 rings (SSSR count). The summed E-state index contributed by atoms with van der Waals surface area (Å²) in [6.07, 6.45) is 1.72. The summed E-state index contributed by atoms with van der Waals surface area (Å²) in [7, 11) is 0. The molecular weight excluding hydrogens is 228 g/mol. The van der Waals surface area contributed by atoms with Crippen LogP contribution in [0.15, 0.2) is 22.8 Å². The van der Waals surface area contributed by atoms with Gasteiger partial charge >= 0.3 is 0 Å². The summed E-state index contributed by atoms with van der Waals surface area (Å²) in [5.74, 6) is 0.993. The normalized spacial score (nSPS) is 19.9. The molecule has 0 aliphatic carbocycles. The number of nitrogens with zero attached hydrogens (tertiary/aromatic N) is 1. The van der Waals surface area contributed by atoms with Crippen molar-refractivity contribution in [2.24, 2.45) is 0 Å². The van der Waals surface area contributed by atoms with Crippen LogP contribution in [0.25, 0.3) is 0 Å². The van der Waals surface area contributed by atoms with Crippen molar-refractivity contribution in [3.63, 3.8) is 0 Å². The van der Waals surface area contributed by atoms with Gasteiger partial charge in [-0.05, 0) is 32.9 Å². The molecule has 0 bridgehead atoms. The van der Waals surface area contributed by atoms with Crippen LogP contribution in [0.4, 0.5) is 0 Å². The number of furan rings is 1. The zero-order valence-electron chi connectivity index (χ0n) is 11.6. The number of hydrogen-bond donors (Lipinski definition) is 1. The topological polar surface area (TPSA) is 37.6 Å². The van der Waals surface area contributed by atoms with Gasteiger partial charge < -0.3 is 14.5 Å². The van der Waals surface area contributed by atoms with Crippen LogP contribution in [0.5, 0.6) is 0 Å². The minimum absolute atomic E-state index is 0.143. The Morgan fingerprint density at radius 3 is 2.72 bits per heavy atom. The molecule has 1 atom stereocenters. The standard InChI is InChI=1S/C14H24N2O2/c1-12(13-5-4-8-18-13)15-11-14(2,3)16-6-9-17-10-7-16/h4-5,8,12,15H,6-7,9-11H2,1-3H3. The molecule has 1 fully saturated rings. The summed E-state index contributed by atoms with van der Waals surface area (Å²) in [5, 5.41) is 3.55. The van der Waals surface area contributed by atoms with Crippen molar-refractivity contribution < 1.29 is 9.15 Å². The molecule has 1 saturated heterocycles. The zero-order chi connectivity index (χ0) is 13.0. The quantitative estimate of drug-likeness (QED) is 0.870. The lowest BCUT2D eigenvalue weighted by molar-refractivity contribution is -0.0104.